The molecule has 2 saturated heterocycles. The van der Waals surface area contributed by atoms with Gasteiger partial charge in [0.2, 0.25) is 0 Å². The highest BCUT2D eigenvalue weighted by molar-refractivity contribution is 5.69. The third-order valence-electron chi connectivity index (χ3n) is 14.6. The molecule has 63 heavy (non-hydrogen) atoms. The van der Waals surface area contributed by atoms with E-state index in [-0.39, 0.29) is 11.5 Å². The lowest BCUT2D eigenvalue weighted by molar-refractivity contribution is -0.365. The molecule has 0 aromatic rings. The van der Waals surface area contributed by atoms with Crippen LogP contribution in [0.2, 0.25) is 0 Å². The smallest absolute Gasteiger partial charge is 0.303 e. The Morgan fingerprint density at radius 3 is 1.52 bits per heavy atom. The van der Waals surface area contributed by atoms with Crippen molar-refractivity contribution in [3.05, 3.63) is 0 Å². The van der Waals surface area contributed by atoms with E-state index in [0.29, 0.717) is 23.7 Å². The third kappa shape index (κ3) is 11.2. The molecule has 6 fully saturated rings. The molecule has 17 atom stereocenters. The first-order valence-corrected chi connectivity index (χ1v) is 22.4. The second kappa shape index (κ2) is 20.1. The summed E-state index contributed by atoms with van der Waals surface area (Å²) in [5.74, 6) is -3.03. The minimum atomic E-state index is -1.76. The van der Waals surface area contributed by atoms with Gasteiger partial charge < -0.3 is 52.1 Å². The molecule has 18 nitrogen and oxygen atoms in total. The lowest BCUT2D eigenvalue weighted by atomic mass is 9.45. The van der Waals surface area contributed by atoms with Crippen molar-refractivity contribution >= 4 is 41.8 Å². The summed E-state index contributed by atoms with van der Waals surface area (Å²) in [6.45, 7) is 11.8. The molecule has 18 heteroatoms. The SMILES string of the molecule is CC(=O)OC[C@H]1O[C@@H](O[C@H]2[C@H](OC(C)=O)[C@@H](OC(C)=O)[C@H](O[C@H]3CC[C@@]4(C)C(CC[C@H]5[C@@H]6CCC[C@@]6(C)CC[C@@H]54)C3)O[C@@H]2COC(C)=O)[C@H](OC(C)=O)[C@@H](OC(C)=O)[C@@H]1OC(C)=O. The molecule has 0 bridgehead atoms. The number of rotatable bonds is 13. The first-order chi connectivity index (χ1) is 29.7. The normalized spacial score (nSPS) is 40.7. The summed E-state index contributed by atoms with van der Waals surface area (Å²) < 4.78 is 65.1. The van der Waals surface area contributed by atoms with Crippen LogP contribution in [0.3, 0.4) is 0 Å². The van der Waals surface area contributed by atoms with Crippen LogP contribution >= 0.6 is 0 Å². The molecule has 6 rings (SSSR count). The zero-order valence-electron chi connectivity index (χ0n) is 38.0. The first-order valence-electron chi connectivity index (χ1n) is 22.4. The van der Waals surface area contributed by atoms with Gasteiger partial charge >= 0.3 is 41.8 Å². The summed E-state index contributed by atoms with van der Waals surface area (Å²) in [6.07, 6.45) is -4.26. The van der Waals surface area contributed by atoms with Crippen LogP contribution in [0.25, 0.3) is 0 Å². The zero-order chi connectivity index (χ0) is 46.0. The van der Waals surface area contributed by atoms with Crippen LogP contribution < -0.4 is 0 Å². The molecule has 0 aromatic heterocycles. The fourth-order valence-electron chi connectivity index (χ4n) is 12.1. The van der Waals surface area contributed by atoms with Crippen molar-refractivity contribution in [1.29, 1.82) is 0 Å². The molecule has 0 spiro atoms. The Kier molecular flexibility index (Phi) is 15.5. The summed E-state index contributed by atoms with van der Waals surface area (Å²) in [5, 5.41) is 0. The molecular formula is C45H66O18. The lowest BCUT2D eigenvalue weighted by Crippen LogP contribution is -2.67. The molecule has 2 heterocycles. The highest BCUT2D eigenvalue weighted by Gasteiger charge is 2.60. The second-order valence-corrected chi connectivity index (χ2v) is 18.9. The molecule has 0 radical (unpaired) electrons. The Morgan fingerprint density at radius 1 is 0.492 bits per heavy atom. The van der Waals surface area contributed by atoms with Crippen LogP contribution in [-0.4, -0.2) is 123 Å². The molecule has 0 amide bonds. The topological polar surface area (TPSA) is 221 Å². The minimum absolute atomic E-state index is 0.150. The van der Waals surface area contributed by atoms with Crippen molar-refractivity contribution in [2.75, 3.05) is 13.2 Å². The number of hydrogen-bond acceptors (Lipinski definition) is 18. The van der Waals surface area contributed by atoms with E-state index in [1.807, 2.05) is 0 Å². The average molecular weight is 895 g/mol. The summed E-state index contributed by atoms with van der Waals surface area (Å²) in [7, 11) is 0. The van der Waals surface area contributed by atoms with E-state index < -0.39 is 116 Å². The first kappa shape index (κ1) is 48.6. The Bertz CT molecular complexity index is 1720. The van der Waals surface area contributed by atoms with Gasteiger partial charge in [0.05, 0.1) is 6.10 Å². The highest BCUT2D eigenvalue weighted by atomic mass is 16.8. The van der Waals surface area contributed by atoms with E-state index in [4.69, 9.17) is 52.1 Å². The van der Waals surface area contributed by atoms with Crippen molar-refractivity contribution in [1.82, 2.24) is 0 Å². The number of carbonyl (C=O) groups excluding carboxylic acids is 7. The Labute approximate surface area is 368 Å². The van der Waals surface area contributed by atoms with Gasteiger partial charge in [0.15, 0.2) is 43.1 Å². The van der Waals surface area contributed by atoms with Gasteiger partial charge in [-0.05, 0) is 92.3 Å². The maximum Gasteiger partial charge on any atom is 0.303 e. The van der Waals surface area contributed by atoms with Crippen LogP contribution in [0.1, 0.15) is 127 Å². The Morgan fingerprint density at radius 2 is 0.984 bits per heavy atom. The number of ether oxygens (including phenoxy) is 11. The van der Waals surface area contributed by atoms with Crippen molar-refractivity contribution < 1.29 is 85.7 Å². The Balaban J connectivity index is 1.31. The van der Waals surface area contributed by atoms with Gasteiger partial charge in [-0.2, -0.15) is 0 Å². The van der Waals surface area contributed by atoms with Crippen molar-refractivity contribution in [3.8, 4) is 0 Å². The van der Waals surface area contributed by atoms with E-state index in [0.717, 1.165) is 65.7 Å². The maximum atomic E-state index is 12.9. The van der Waals surface area contributed by atoms with E-state index in [9.17, 15) is 33.6 Å². The molecule has 6 aliphatic rings. The largest absolute Gasteiger partial charge is 0.463 e. The van der Waals surface area contributed by atoms with Crippen molar-refractivity contribution in [3.63, 3.8) is 0 Å². The van der Waals surface area contributed by atoms with Gasteiger partial charge in [0.1, 0.15) is 31.5 Å². The fraction of sp³-hybridized carbons (Fsp3) is 0.844. The summed E-state index contributed by atoms with van der Waals surface area (Å²) in [4.78, 5) is 87.5. The predicted molar refractivity (Wildman–Crippen MR) is 214 cm³/mol. The van der Waals surface area contributed by atoms with Crippen LogP contribution in [0, 0.1) is 34.5 Å². The molecule has 2 aliphatic heterocycles. The predicted octanol–water partition coefficient (Wildman–Crippen LogP) is 4.42. The minimum Gasteiger partial charge on any atom is -0.463 e. The number of carbonyl (C=O) groups is 7. The molecule has 4 aliphatic carbocycles. The van der Waals surface area contributed by atoms with Crippen LogP contribution in [-0.2, 0) is 85.7 Å². The van der Waals surface area contributed by atoms with Gasteiger partial charge in [0, 0.05) is 48.5 Å². The van der Waals surface area contributed by atoms with E-state index >= 15 is 0 Å². The average Bonchev–Trinajstić information content (AvgIpc) is 3.59. The molecular weight excluding hydrogens is 828 g/mol. The van der Waals surface area contributed by atoms with E-state index in [1.54, 1.807) is 0 Å². The second-order valence-electron chi connectivity index (χ2n) is 18.9. The van der Waals surface area contributed by atoms with Gasteiger partial charge in [0.25, 0.3) is 0 Å². The quantitative estimate of drug-likeness (QED) is 0.142. The molecule has 0 N–H and O–H groups in total. The van der Waals surface area contributed by atoms with Crippen molar-refractivity contribution in [2.45, 2.75) is 194 Å². The molecule has 0 aromatic carbocycles. The number of fused-ring (bicyclic) bond motifs is 5. The van der Waals surface area contributed by atoms with E-state index in [2.05, 4.69) is 13.8 Å². The van der Waals surface area contributed by atoms with E-state index in [1.165, 1.54) is 52.4 Å². The van der Waals surface area contributed by atoms with Gasteiger partial charge in [-0.1, -0.05) is 20.3 Å². The van der Waals surface area contributed by atoms with Crippen molar-refractivity contribution in [2.24, 2.45) is 34.5 Å². The van der Waals surface area contributed by atoms with Crippen LogP contribution in [0.4, 0.5) is 0 Å². The third-order valence-corrected chi connectivity index (χ3v) is 14.6. The summed E-state index contributed by atoms with van der Waals surface area (Å²) in [6, 6.07) is 0. The highest BCUT2D eigenvalue weighted by Crippen LogP contribution is 2.66. The number of hydrogen-bond donors (Lipinski definition) is 0. The summed E-state index contributed by atoms with van der Waals surface area (Å²) in [5.41, 5.74) is 0.598. The molecule has 4 saturated carbocycles. The maximum absolute atomic E-state index is 12.9. The Hall–Kier alpha value is -3.87. The fourth-order valence-corrected chi connectivity index (χ4v) is 12.1. The number of esters is 7. The zero-order valence-corrected chi connectivity index (χ0v) is 38.0. The lowest BCUT2D eigenvalue weighted by Gasteiger charge is -2.60. The van der Waals surface area contributed by atoms with Gasteiger partial charge in [-0.25, -0.2) is 0 Å². The van der Waals surface area contributed by atoms with Crippen LogP contribution in [0.5, 0.6) is 0 Å². The monoisotopic (exact) mass is 894 g/mol. The standard InChI is InChI=1S/C45H66O18/c1-22(46)53-20-34-36(55-24(3)48)38(56-25(4)49)41(59-28(7)52)43(62-34)63-37-35(21-54-23(2)47)61-42(40(58-27(6)51)39(37)57-26(5)50)60-30-14-18-45(9)29(19-30)12-13-31-32-11-10-16-44(32,8)17-15-33(31)45/h29-43H,10-21H2,1-9H3/t29?,30-,31-,32-,33-,34+,35+,36+,37+,38-,39-,40+,41+,42+,43-,44-,45-/m0/s1. The van der Waals surface area contributed by atoms with Crippen LogP contribution in [0.15, 0.2) is 0 Å². The summed E-state index contributed by atoms with van der Waals surface area (Å²) >= 11 is 0. The molecule has 354 valence electrons. The molecule has 1 unspecified atom stereocenters. The van der Waals surface area contributed by atoms with Gasteiger partial charge in [-0.3, -0.25) is 33.6 Å². The van der Waals surface area contributed by atoms with Gasteiger partial charge in [-0.15, -0.1) is 0 Å².